The molecule has 0 saturated carbocycles. The van der Waals surface area contributed by atoms with Crippen LogP contribution in [0.4, 0.5) is 0 Å². The molecule has 60 heavy (non-hydrogen) atoms. The average Bonchev–Trinajstić information content (AvgIpc) is 3.35. The van der Waals surface area contributed by atoms with E-state index in [1.54, 1.807) is 0 Å². The van der Waals surface area contributed by atoms with E-state index in [9.17, 15) is 0 Å². The Bertz CT molecular complexity index is 2870. The predicted octanol–water partition coefficient (Wildman–Crippen LogP) is 14.9. The van der Waals surface area contributed by atoms with Gasteiger partial charge < -0.3 is 0 Å². The standard InChI is InChI=1S/C57H39N3/c1-6-20-40(21-7-1)45-34-47(53-32-18-16-30-51(53)42-24-10-3-11-25-42)38-49(36-45)56-58-55(44-28-14-5-15-29-44)59-57(60-56)50-37-46(41-22-8-2-9-23-41)35-48(39-50)54-33-19-17-31-52(54)43-26-12-4-13-27-43/h1-39H. The van der Waals surface area contributed by atoms with Gasteiger partial charge in [0.1, 0.15) is 0 Å². The van der Waals surface area contributed by atoms with Crippen molar-refractivity contribution in [2.75, 3.05) is 0 Å². The second kappa shape index (κ2) is 16.5. The second-order valence-corrected chi connectivity index (χ2v) is 14.8. The van der Waals surface area contributed by atoms with Crippen LogP contribution in [-0.2, 0) is 0 Å². The van der Waals surface area contributed by atoms with E-state index in [1.165, 1.54) is 0 Å². The third kappa shape index (κ3) is 7.56. The van der Waals surface area contributed by atoms with E-state index in [0.29, 0.717) is 17.5 Å². The molecule has 0 aliphatic carbocycles. The SMILES string of the molecule is c1ccc(-c2cc(-c3nc(-c4ccccc4)nc(-c4cc(-c5ccccc5)cc(-c5ccccc5-c5ccccc5)c4)n3)cc(-c3ccccc3-c3ccccc3)c2)cc1. The highest BCUT2D eigenvalue weighted by Gasteiger charge is 2.18. The van der Waals surface area contributed by atoms with Crippen molar-refractivity contribution in [1.29, 1.82) is 0 Å². The minimum Gasteiger partial charge on any atom is -0.208 e. The quantitative estimate of drug-likeness (QED) is 0.147. The molecule has 0 spiro atoms. The predicted molar refractivity (Wildman–Crippen MR) is 249 cm³/mol. The third-order valence-corrected chi connectivity index (χ3v) is 10.9. The van der Waals surface area contributed by atoms with Gasteiger partial charge in [-0.15, -0.1) is 0 Å². The lowest BCUT2D eigenvalue weighted by Crippen LogP contribution is -2.01. The topological polar surface area (TPSA) is 38.7 Å². The molecule has 0 aliphatic heterocycles. The van der Waals surface area contributed by atoms with E-state index < -0.39 is 0 Å². The van der Waals surface area contributed by atoms with Gasteiger partial charge in [0.05, 0.1) is 0 Å². The second-order valence-electron chi connectivity index (χ2n) is 14.8. The Morgan fingerprint density at radius 3 is 0.750 bits per heavy atom. The van der Waals surface area contributed by atoms with Gasteiger partial charge >= 0.3 is 0 Å². The van der Waals surface area contributed by atoms with Gasteiger partial charge in [0.2, 0.25) is 0 Å². The van der Waals surface area contributed by atoms with Gasteiger partial charge in [-0.2, -0.15) is 0 Å². The van der Waals surface area contributed by atoms with Gasteiger partial charge in [-0.25, -0.2) is 15.0 Å². The van der Waals surface area contributed by atoms with Crippen molar-refractivity contribution in [3.63, 3.8) is 0 Å². The molecule has 3 heteroatoms. The Morgan fingerprint density at radius 1 is 0.167 bits per heavy atom. The molecule has 0 radical (unpaired) electrons. The van der Waals surface area contributed by atoms with Crippen LogP contribution in [0.5, 0.6) is 0 Å². The summed E-state index contributed by atoms with van der Waals surface area (Å²) in [5.74, 6) is 1.82. The Balaban J connectivity index is 1.21. The molecule has 282 valence electrons. The maximum Gasteiger partial charge on any atom is 0.164 e. The van der Waals surface area contributed by atoms with Crippen molar-refractivity contribution >= 4 is 0 Å². The summed E-state index contributed by atoms with van der Waals surface area (Å²) < 4.78 is 0. The van der Waals surface area contributed by atoms with E-state index in [0.717, 1.165) is 83.5 Å². The van der Waals surface area contributed by atoms with Crippen molar-refractivity contribution in [2.24, 2.45) is 0 Å². The van der Waals surface area contributed by atoms with Crippen LogP contribution in [0.1, 0.15) is 0 Å². The minimum atomic E-state index is 0.603. The van der Waals surface area contributed by atoms with Crippen LogP contribution < -0.4 is 0 Å². The monoisotopic (exact) mass is 765 g/mol. The van der Waals surface area contributed by atoms with Gasteiger partial charge in [-0.3, -0.25) is 0 Å². The van der Waals surface area contributed by atoms with Crippen molar-refractivity contribution < 1.29 is 0 Å². The van der Waals surface area contributed by atoms with Crippen LogP contribution in [-0.4, -0.2) is 15.0 Å². The van der Waals surface area contributed by atoms with Crippen LogP contribution in [0.2, 0.25) is 0 Å². The average molecular weight is 766 g/mol. The largest absolute Gasteiger partial charge is 0.208 e. The first kappa shape index (κ1) is 36.3. The number of hydrogen-bond donors (Lipinski definition) is 0. The van der Waals surface area contributed by atoms with E-state index in [-0.39, 0.29) is 0 Å². The lowest BCUT2D eigenvalue weighted by atomic mass is 9.90. The Labute approximate surface area is 351 Å². The molecule has 0 aliphatic rings. The summed E-state index contributed by atoms with van der Waals surface area (Å²) in [6, 6.07) is 83.1. The first-order valence-corrected chi connectivity index (χ1v) is 20.3. The van der Waals surface area contributed by atoms with E-state index in [1.807, 2.05) is 18.2 Å². The summed E-state index contributed by atoms with van der Waals surface area (Å²) in [6.45, 7) is 0. The zero-order valence-electron chi connectivity index (χ0n) is 32.9. The third-order valence-electron chi connectivity index (χ3n) is 10.9. The Morgan fingerprint density at radius 2 is 0.400 bits per heavy atom. The minimum absolute atomic E-state index is 0.603. The molecular formula is C57H39N3. The molecule has 0 saturated heterocycles. The first-order chi connectivity index (χ1) is 29.7. The maximum absolute atomic E-state index is 5.38. The summed E-state index contributed by atoms with van der Waals surface area (Å²) in [7, 11) is 0. The number of rotatable bonds is 9. The molecule has 0 amide bonds. The number of nitrogens with zero attached hydrogens (tertiary/aromatic N) is 3. The first-order valence-electron chi connectivity index (χ1n) is 20.3. The Hall–Kier alpha value is -8.01. The molecule has 0 N–H and O–H groups in total. The number of aromatic nitrogens is 3. The van der Waals surface area contributed by atoms with Crippen molar-refractivity contribution in [3.05, 3.63) is 237 Å². The molecule has 1 aromatic heterocycles. The highest BCUT2D eigenvalue weighted by molar-refractivity contribution is 5.90. The summed E-state index contributed by atoms with van der Waals surface area (Å²) in [5.41, 5.74) is 16.2. The lowest BCUT2D eigenvalue weighted by Gasteiger charge is -2.16. The van der Waals surface area contributed by atoms with Crippen LogP contribution in [0.25, 0.3) is 101 Å². The summed E-state index contributed by atoms with van der Waals surface area (Å²) in [5, 5.41) is 0. The van der Waals surface area contributed by atoms with E-state index in [4.69, 9.17) is 15.0 Å². The molecular weight excluding hydrogens is 727 g/mol. The smallest absolute Gasteiger partial charge is 0.164 e. The molecule has 0 atom stereocenters. The molecule has 1 heterocycles. The van der Waals surface area contributed by atoms with Crippen LogP contribution in [0.15, 0.2) is 237 Å². The summed E-state index contributed by atoms with van der Waals surface area (Å²) >= 11 is 0. The van der Waals surface area contributed by atoms with Crippen molar-refractivity contribution in [2.45, 2.75) is 0 Å². The van der Waals surface area contributed by atoms with E-state index >= 15 is 0 Å². The Kier molecular flexibility index (Phi) is 9.97. The fraction of sp³-hybridized carbons (Fsp3) is 0. The van der Waals surface area contributed by atoms with Crippen LogP contribution >= 0.6 is 0 Å². The molecule has 10 rings (SSSR count). The lowest BCUT2D eigenvalue weighted by molar-refractivity contribution is 1.07. The van der Waals surface area contributed by atoms with Crippen LogP contribution in [0.3, 0.4) is 0 Å². The van der Waals surface area contributed by atoms with Gasteiger partial charge in [-0.1, -0.05) is 200 Å². The fourth-order valence-electron chi connectivity index (χ4n) is 7.98. The normalized spacial score (nSPS) is 11.0. The highest BCUT2D eigenvalue weighted by atomic mass is 15.0. The van der Waals surface area contributed by atoms with Gasteiger partial charge in [0.25, 0.3) is 0 Å². The molecule has 0 fully saturated rings. The molecule has 3 nitrogen and oxygen atoms in total. The van der Waals surface area contributed by atoms with Gasteiger partial charge in [-0.05, 0) is 103 Å². The summed E-state index contributed by atoms with van der Waals surface area (Å²) in [6.07, 6.45) is 0. The van der Waals surface area contributed by atoms with E-state index in [2.05, 4.69) is 218 Å². The number of hydrogen-bond acceptors (Lipinski definition) is 3. The van der Waals surface area contributed by atoms with Crippen LogP contribution in [0, 0.1) is 0 Å². The molecule has 0 unspecified atom stereocenters. The highest BCUT2D eigenvalue weighted by Crippen LogP contribution is 2.40. The zero-order valence-corrected chi connectivity index (χ0v) is 32.9. The molecule has 10 aromatic rings. The van der Waals surface area contributed by atoms with Crippen molar-refractivity contribution in [3.8, 4) is 101 Å². The number of benzene rings is 9. The molecule has 9 aromatic carbocycles. The van der Waals surface area contributed by atoms with Gasteiger partial charge in [0, 0.05) is 16.7 Å². The summed E-state index contributed by atoms with van der Waals surface area (Å²) in [4.78, 5) is 15.9. The molecule has 0 bridgehead atoms. The zero-order chi connectivity index (χ0) is 40.1. The maximum atomic E-state index is 5.38. The fourth-order valence-corrected chi connectivity index (χ4v) is 7.98. The van der Waals surface area contributed by atoms with Crippen molar-refractivity contribution in [1.82, 2.24) is 15.0 Å². The van der Waals surface area contributed by atoms with Gasteiger partial charge in [0.15, 0.2) is 17.5 Å².